The average Bonchev–Trinajstić information content (AvgIpc) is 3.02. The Morgan fingerprint density at radius 2 is 0.872 bits per heavy atom. The fourth-order valence-corrected chi connectivity index (χ4v) is 5.12. The molecule has 0 aliphatic heterocycles. The van der Waals surface area contributed by atoms with Crippen molar-refractivity contribution < 1.29 is 0 Å². The van der Waals surface area contributed by atoms with Crippen LogP contribution in [0.2, 0.25) is 5.15 Å². The van der Waals surface area contributed by atoms with Crippen LogP contribution in [0.4, 0.5) is 0 Å². The number of hydrogen-bond donors (Lipinski definition) is 0. The average molecular weight is 521 g/mol. The minimum atomic E-state index is 0.520. The van der Waals surface area contributed by atoms with Crippen LogP contribution in [0, 0.1) is 0 Å². The van der Waals surface area contributed by atoms with Gasteiger partial charge in [-0.25, -0.2) is 19.9 Å². The molecule has 5 aromatic carbocycles. The summed E-state index contributed by atoms with van der Waals surface area (Å²) in [6, 6.07) is 42.7. The van der Waals surface area contributed by atoms with E-state index in [1.807, 2.05) is 97.1 Å². The highest BCUT2D eigenvalue weighted by Gasteiger charge is 2.13. The van der Waals surface area contributed by atoms with Crippen LogP contribution in [-0.4, -0.2) is 19.9 Å². The molecule has 0 aliphatic rings. The summed E-state index contributed by atoms with van der Waals surface area (Å²) in [5, 5.41) is 3.62. The van der Waals surface area contributed by atoms with Gasteiger partial charge in [0.05, 0.1) is 5.52 Å². The van der Waals surface area contributed by atoms with Crippen LogP contribution in [0.5, 0.6) is 0 Å². The summed E-state index contributed by atoms with van der Waals surface area (Å²) in [5.74, 6) is 1.92. The molecule has 5 heteroatoms. The quantitative estimate of drug-likeness (QED) is 0.172. The third-order valence-electron chi connectivity index (χ3n) is 6.81. The van der Waals surface area contributed by atoms with Crippen molar-refractivity contribution in [2.24, 2.45) is 0 Å². The lowest BCUT2D eigenvalue weighted by Gasteiger charge is -2.11. The van der Waals surface area contributed by atoms with E-state index in [0.717, 1.165) is 49.5 Å². The molecule has 2 heterocycles. The molecule has 0 unspecified atom stereocenters. The first-order chi connectivity index (χ1) is 19.2. The zero-order chi connectivity index (χ0) is 26.2. The summed E-state index contributed by atoms with van der Waals surface area (Å²) in [4.78, 5) is 19.2. The summed E-state index contributed by atoms with van der Waals surface area (Å²) >= 11 is 6.47. The number of pyridine rings is 1. The standard InChI is InChI=1S/C34H21ClN4/c35-31-28-17-8-7-16-27(28)29-21-25(18-19-30(29)36-31)24-14-9-15-26(20-24)34-38-32(22-10-3-1-4-11-22)37-33(39-34)23-12-5-2-6-13-23/h1-21H. The number of nitrogens with zero attached hydrogens (tertiary/aromatic N) is 4. The number of rotatable bonds is 4. The summed E-state index contributed by atoms with van der Waals surface area (Å²) in [7, 11) is 0. The lowest BCUT2D eigenvalue weighted by molar-refractivity contribution is 1.07. The van der Waals surface area contributed by atoms with Crippen LogP contribution < -0.4 is 0 Å². The summed E-state index contributed by atoms with van der Waals surface area (Å²) in [6.45, 7) is 0. The van der Waals surface area contributed by atoms with Crippen LogP contribution in [-0.2, 0) is 0 Å². The molecule has 0 saturated heterocycles. The Kier molecular flexibility index (Phi) is 5.80. The molecule has 7 aromatic rings. The zero-order valence-corrected chi connectivity index (χ0v) is 21.5. The van der Waals surface area contributed by atoms with E-state index in [1.54, 1.807) is 0 Å². The van der Waals surface area contributed by atoms with Gasteiger partial charge in [0, 0.05) is 27.5 Å². The van der Waals surface area contributed by atoms with E-state index in [9.17, 15) is 0 Å². The first kappa shape index (κ1) is 23.2. The van der Waals surface area contributed by atoms with Crippen molar-refractivity contribution in [3.8, 4) is 45.3 Å². The van der Waals surface area contributed by atoms with Crippen molar-refractivity contribution in [1.82, 2.24) is 19.9 Å². The van der Waals surface area contributed by atoms with Crippen molar-refractivity contribution >= 4 is 33.3 Å². The van der Waals surface area contributed by atoms with Gasteiger partial charge in [0.2, 0.25) is 0 Å². The normalized spacial score (nSPS) is 11.2. The highest BCUT2D eigenvalue weighted by molar-refractivity contribution is 6.35. The molecule has 0 bridgehead atoms. The number of hydrogen-bond acceptors (Lipinski definition) is 4. The first-order valence-corrected chi connectivity index (χ1v) is 13.1. The van der Waals surface area contributed by atoms with E-state index >= 15 is 0 Å². The molecule has 0 amide bonds. The SMILES string of the molecule is Clc1nc2ccc(-c3cccc(-c4nc(-c5ccccc5)nc(-c5ccccc5)n4)c3)cc2c2ccccc12. The minimum absolute atomic E-state index is 0.520. The van der Waals surface area contributed by atoms with Gasteiger partial charge in [-0.1, -0.05) is 121 Å². The van der Waals surface area contributed by atoms with Gasteiger partial charge in [0.25, 0.3) is 0 Å². The summed E-state index contributed by atoms with van der Waals surface area (Å²) in [6.07, 6.45) is 0. The zero-order valence-electron chi connectivity index (χ0n) is 20.8. The van der Waals surface area contributed by atoms with Crippen LogP contribution in [0.1, 0.15) is 0 Å². The van der Waals surface area contributed by atoms with Crippen molar-refractivity contribution in [3.05, 3.63) is 133 Å². The molecule has 0 radical (unpaired) electrons. The van der Waals surface area contributed by atoms with Gasteiger partial charge < -0.3 is 0 Å². The second kappa shape index (κ2) is 9.75. The number of aromatic nitrogens is 4. The topological polar surface area (TPSA) is 51.6 Å². The largest absolute Gasteiger partial charge is 0.235 e. The Hall–Kier alpha value is -4.93. The van der Waals surface area contributed by atoms with Gasteiger partial charge in [-0.2, -0.15) is 0 Å². The molecule has 39 heavy (non-hydrogen) atoms. The van der Waals surface area contributed by atoms with Crippen LogP contribution in [0.15, 0.2) is 127 Å². The molecular weight excluding hydrogens is 500 g/mol. The Morgan fingerprint density at radius 3 is 1.54 bits per heavy atom. The highest BCUT2D eigenvalue weighted by atomic mass is 35.5. The smallest absolute Gasteiger partial charge is 0.164 e. The minimum Gasteiger partial charge on any atom is -0.235 e. The van der Waals surface area contributed by atoms with Crippen molar-refractivity contribution in [2.45, 2.75) is 0 Å². The molecule has 2 aromatic heterocycles. The van der Waals surface area contributed by atoms with E-state index in [-0.39, 0.29) is 0 Å². The molecular formula is C34H21ClN4. The predicted octanol–water partition coefficient (Wildman–Crippen LogP) is 8.89. The molecule has 184 valence electrons. The third-order valence-corrected chi connectivity index (χ3v) is 7.10. The maximum absolute atomic E-state index is 6.47. The maximum atomic E-state index is 6.47. The monoisotopic (exact) mass is 520 g/mol. The van der Waals surface area contributed by atoms with Crippen LogP contribution in [0.3, 0.4) is 0 Å². The summed E-state index contributed by atoms with van der Waals surface area (Å²) in [5.41, 5.74) is 5.83. The van der Waals surface area contributed by atoms with Gasteiger partial charge in [-0.3, -0.25) is 0 Å². The molecule has 0 fully saturated rings. The summed E-state index contributed by atoms with van der Waals surface area (Å²) < 4.78 is 0. The third kappa shape index (κ3) is 4.41. The van der Waals surface area contributed by atoms with E-state index in [2.05, 4.69) is 35.3 Å². The van der Waals surface area contributed by atoms with Crippen LogP contribution in [0.25, 0.3) is 67.0 Å². The first-order valence-electron chi connectivity index (χ1n) is 12.7. The Bertz CT molecular complexity index is 1910. The van der Waals surface area contributed by atoms with Crippen molar-refractivity contribution in [2.75, 3.05) is 0 Å². The fraction of sp³-hybridized carbons (Fsp3) is 0. The predicted molar refractivity (Wildman–Crippen MR) is 159 cm³/mol. The van der Waals surface area contributed by atoms with E-state index in [0.29, 0.717) is 22.6 Å². The molecule has 0 spiro atoms. The molecule has 0 N–H and O–H groups in total. The van der Waals surface area contributed by atoms with Gasteiger partial charge in [0.1, 0.15) is 5.15 Å². The molecule has 4 nitrogen and oxygen atoms in total. The molecule has 7 rings (SSSR count). The number of halogens is 1. The van der Waals surface area contributed by atoms with Gasteiger partial charge >= 0.3 is 0 Å². The van der Waals surface area contributed by atoms with E-state index in [1.165, 1.54) is 0 Å². The van der Waals surface area contributed by atoms with Gasteiger partial charge in [-0.05, 0) is 34.7 Å². The lowest BCUT2D eigenvalue weighted by Crippen LogP contribution is -2.00. The van der Waals surface area contributed by atoms with Crippen molar-refractivity contribution in [1.29, 1.82) is 0 Å². The lowest BCUT2D eigenvalue weighted by atomic mass is 9.99. The van der Waals surface area contributed by atoms with Gasteiger partial charge in [-0.15, -0.1) is 0 Å². The number of fused-ring (bicyclic) bond motifs is 3. The van der Waals surface area contributed by atoms with Gasteiger partial charge in [0.15, 0.2) is 17.5 Å². The second-order valence-electron chi connectivity index (χ2n) is 9.30. The molecule has 0 aliphatic carbocycles. The Labute approximate surface area is 230 Å². The van der Waals surface area contributed by atoms with E-state index in [4.69, 9.17) is 26.6 Å². The Morgan fingerprint density at radius 1 is 0.359 bits per heavy atom. The van der Waals surface area contributed by atoms with Crippen LogP contribution >= 0.6 is 11.6 Å². The molecule has 0 saturated carbocycles. The molecule has 0 atom stereocenters. The Balaban J connectivity index is 1.37. The van der Waals surface area contributed by atoms with Crippen molar-refractivity contribution in [3.63, 3.8) is 0 Å². The van der Waals surface area contributed by atoms with E-state index < -0.39 is 0 Å². The number of benzene rings is 5. The maximum Gasteiger partial charge on any atom is 0.164 e. The second-order valence-corrected chi connectivity index (χ2v) is 9.66. The highest BCUT2D eigenvalue weighted by Crippen LogP contribution is 2.33. The fourth-order valence-electron chi connectivity index (χ4n) is 4.87.